The van der Waals surface area contributed by atoms with Gasteiger partial charge in [0.15, 0.2) is 0 Å². The van der Waals surface area contributed by atoms with Crippen molar-refractivity contribution in [1.29, 1.82) is 0 Å². The fraction of sp³-hybridized carbons (Fsp3) is 0.579. The molecule has 1 spiro atoms. The first-order valence-electron chi connectivity index (χ1n) is 8.54. The number of benzene rings is 1. The van der Waals surface area contributed by atoms with Crippen LogP contribution in [0.25, 0.3) is 0 Å². The van der Waals surface area contributed by atoms with Crippen LogP contribution < -0.4 is 4.90 Å². The van der Waals surface area contributed by atoms with Gasteiger partial charge in [0, 0.05) is 31.1 Å². The second-order valence-corrected chi connectivity index (χ2v) is 7.32. The second kappa shape index (κ2) is 4.94. The van der Waals surface area contributed by atoms with Gasteiger partial charge in [-0.05, 0) is 43.2 Å². The number of anilines is 1. The van der Waals surface area contributed by atoms with Gasteiger partial charge in [-0.2, -0.15) is 0 Å². The van der Waals surface area contributed by atoms with Gasteiger partial charge in [-0.3, -0.25) is 9.59 Å². The molecule has 2 atom stereocenters. The number of hydrogen-bond acceptors (Lipinski definition) is 3. The highest BCUT2D eigenvalue weighted by Crippen LogP contribution is 2.49. The van der Waals surface area contributed by atoms with Crippen molar-refractivity contribution in [1.82, 2.24) is 0 Å². The third-order valence-electron chi connectivity index (χ3n) is 6.01. The zero-order chi connectivity index (χ0) is 15.3. The summed E-state index contributed by atoms with van der Waals surface area (Å²) >= 11 is 0. The molecule has 0 radical (unpaired) electrons. The van der Waals surface area contributed by atoms with Gasteiger partial charge in [0.25, 0.3) is 0 Å². The Morgan fingerprint density at radius 1 is 1.14 bits per heavy atom. The molecular weight excluding hydrogens is 274 g/mol. The Hall–Kier alpha value is -1.64. The van der Waals surface area contributed by atoms with E-state index in [4.69, 9.17) is 0 Å². The van der Waals surface area contributed by atoms with Crippen molar-refractivity contribution < 1.29 is 9.59 Å². The third kappa shape index (κ3) is 1.81. The summed E-state index contributed by atoms with van der Waals surface area (Å²) in [6, 6.07) is 8.42. The van der Waals surface area contributed by atoms with E-state index in [1.54, 1.807) is 0 Å². The van der Waals surface area contributed by atoms with E-state index in [9.17, 15) is 9.59 Å². The van der Waals surface area contributed by atoms with Gasteiger partial charge in [0.1, 0.15) is 17.0 Å². The van der Waals surface area contributed by atoms with Crippen LogP contribution in [0.5, 0.6) is 0 Å². The van der Waals surface area contributed by atoms with Crippen LogP contribution in [-0.2, 0) is 16.0 Å². The number of carbonyl (C=O) groups is 2. The Morgan fingerprint density at radius 2 is 1.86 bits per heavy atom. The van der Waals surface area contributed by atoms with E-state index in [1.165, 1.54) is 11.3 Å². The molecule has 1 aliphatic carbocycles. The summed E-state index contributed by atoms with van der Waals surface area (Å²) in [7, 11) is 0. The minimum Gasteiger partial charge on any atom is -0.367 e. The number of para-hydroxylation sites is 1. The fourth-order valence-corrected chi connectivity index (χ4v) is 4.84. The van der Waals surface area contributed by atoms with E-state index in [0.29, 0.717) is 25.2 Å². The largest absolute Gasteiger partial charge is 0.367 e. The Balaban J connectivity index is 1.88. The molecule has 4 rings (SSSR count). The van der Waals surface area contributed by atoms with Crippen LogP contribution in [0.1, 0.15) is 44.6 Å². The van der Waals surface area contributed by atoms with Gasteiger partial charge in [-0.25, -0.2) is 0 Å². The minimum absolute atomic E-state index is 0.0754. The van der Waals surface area contributed by atoms with Crippen LogP contribution >= 0.6 is 0 Å². The average Bonchev–Trinajstić information content (AvgIpc) is 2.52. The first kappa shape index (κ1) is 14.0. The molecule has 3 heteroatoms. The highest BCUT2D eigenvalue weighted by atomic mass is 16.2. The number of fused-ring (bicyclic) bond motifs is 4. The molecule has 2 aliphatic heterocycles. The Labute approximate surface area is 131 Å². The van der Waals surface area contributed by atoms with Crippen molar-refractivity contribution in [3.05, 3.63) is 29.8 Å². The van der Waals surface area contributed by atoms with Gasteiger partial charge >= 0.3 is 0 Å². The SMILES string of the molecule is CC1CCN2c3ccccc3CC3(C(=O)CCCC3=O)C2C1. The van der Waals surface area contributed by atoms with Gasteiger partial charge < -0.3 is 4.90 Å². The molecule has 0 amide bonds. The lowest BCUT2D eigenvalue weighted by molar-refractivity contribution is -0.146. The highest BCUT2D eigenvalue weighted by Gasteiger charge is 2.57. The lowest BCUT2D eigenvalue weighted by Crippen LogP contribution is -2.63. The number of ketones is 2. The molecule has 116 valence electrons. The number of Topliss-reactive ketones (excluding diaryl/α,β-unsaturated/α-hetero) is 2. The standard InChI is InChI=1S/C19H23NO2/c1-13-9-10-20-15-6-3-2-5-14(15)12-19(16(20)11-13)17(21)7-4-8-18(19)22/h2-3,5-6,13,16H,4,7-12H2,1H3. The topological polar surface area (TPSA) is 37.4 Å². The Bertz CT molecular complexity index is 620. The van der Waals surface area contributed by atoms with Gasteiger partial charge in [0.2, 0.25) is 0 Å². The number of nitrogens with zero attached hydrogens (tertiary/aromatic N) is 1. The third-order valence-corrected chi connectivity index (χ3v) is 6.01. The second-order valence-electron chi connectivity index (χ2n) is 7.32. The Morgan fingerprint density at radius 3 is 2.64 bits per heavy atom. The number of carbonyl (C=O) groups excluding carboxylic acids is 2. The van der Waals surface area contributed by atoms with E-state index in [2.05, 4.69) is 30.0 Å². The molecule has 0 N–H and O–H groups in total. The van der Waals surface area contributed by atoms with Crippen molar-refractivity contribution in [3.8, 4) is 0 Å². The Kier molecular flexibility index (Phi) is 3.14. The molecule has 0 bridgehead atoms. The van der Waals surface area contributed by atoms with Crippen LogP contribution in [0, 0.1) is 11.3 Å². The summed E-state index contributed by atoms with van der Waals surface area (Å²) < 4.78 is 0. The number of piperidine rings is 1. The van der Waals surface area contributed by atoms with Crippen LogP contribution in [-0.4, -0.2) is 24.2 Å². The predicted octanol–water partition coefficient (Wildman–Crippen LogP) is 3.16. The van der Waals surface area contributed by atoms with Crippen molar-refractivity contribution in [2.24, 2.45) is 11.3 Å². The quantitative estimate of drug-likeness (QED) is 0.690. The van der Waals surface area contributed by atoms with E-state index in [1.807, 2.05) is 6.07 Å². The fourth-order valence-electron chi connectivity index (χ4n) is 4.84. The van der Waals surface area contributed by atoms with E-state index in [-0.39, 0.29) is 17.6 Å². The molecule has 0 aromatic heterocycles. The summed E-state index contributed by atoms with van der Waals surface area (Å²) in [5.41, 5.74) is 1.66. The molecule has 22 heavy (non-hydrogen) atoms. The van der Waals surface area contributed by atoms with Crippen LogP contribution in [0.15, 0.2) is 24.3 Å². The summed E-state index contributed by atoms with van der Waals surface area (Å²) in [5, 5.41) is 0. The normalized spacial score (nSPS) is 30.1. The van der Waals surface area contributed by atoms with Crippen LogP contribution in [0.4, 0.5) is 5.69 Å². The van der Waals surface area contributed by atoms with Crippen molar-refractivity contribution >= 4 is 17.3 Å². The predicted molar refractivity (Wildman–Crippen MR) is 86.0 cm³/mol. The molecule has 1 aromatic rings. The first-order valence-corrected chi connectivity index (χ1v) is 8.54. The maximum atomic E-state index is 12.9. The summed E-state index contributed by atoms with van der Waals surface area (Å²) in [4.78, 5) is 28.2. The van der Waals surface area contributed by atoms with E-state index in [0.717, 1.165) is 25.8 Å². The molecule has 1 aromatic carbocycles. The lowest BCUT2D eigenvalue weighted by Gasteiger charge is -2.54. The molecule has 1 saturated heterocycles. The smallest absolute Gasteiger partial charge is 0.148 e. The van der Waals surface area contributed by atoms with Crippen molar-refractivity contribution in [3.63, 3.8) is 0 Å². The zero-order valence-corrected chi connectivity index (χ0v) is 13.2. The molecule has 3 nitrogen and oxygen atoms in total. The zero-order valence-electron chi connectivity index (χ0n) is 13.2. The van der Waals surface area contributed by atoms with Gasteiger partial charge in [-0.1, -0.05) is 25.1 Å². The maximum Gasteiger partial charge on any atom is 0.148 e. The molecule has 3 aliphatic rings. The summed E-state index contributed by atoms with van der Waals surface area (Å²) in [5.74, 6) is 0.982. The summed E-state index contributed by atoms with van der Waals surface area (Å²) in [6.45, 7) is 3.22. The van der Waals surface area contributed by atoms with Gasteiger partial charge in [0.05, 0.1) is 0 Å². The van der Waals surface area contributed by atoms with Gasteiger partial charge in [-0.15, -0.1) is 0 Å². The van der Waals surface area contributed by atoms with Crippen molar-refractivity contribution in [2.75, 3.05) is 11.4 Å². The molecule has 2 heterocycles. The number of rotatable bonds is 0. The maximum absolute atomic E-state index is 12.9. The van der Waals surface area contributed by atoms with E-state index < -0.39 is 5.41 Å². The molecule has 2 unspecified atom stereocenters. The van der Waals surface area contributed by atoms with Crippen molar-refractivity contribution in [2.45, 2.75) is 51.5 Å². The first-order chi connectivity index (χ1) is 10.6. The molecule has 2 fully saturated rings. The van der Waals surface area contributed by atoms with E-state index >= 15 is 0 Å². The lowest BCUT2D eigenvalue weighted by atomic mass is 9.59. The molecule has 1 saturated carbocycles. The minimum atomic E-state index is -0.763. The monoisotopic (exact) mass is 297 g/mol. The number of hydrogen-bond donors (Lipinski definition) is 0. The van der Waals surface area contributed by atoms with Crippen LogP contribution in [0.3, 0.4) is 0 Å². The average molecular weight is 297 g/mol. The summed E-state index contributed by atoms with van der Waals surface area (Å²) in [6.07, 6.45) is 4.62. The molecular formula is C19H23NO2. The van der Waals surface area contributed by atoms with Crippen LogP contribution in [0.2, 0.25) is 0 Å². The highest BCUT2D eigenvalue weighted by molar-refractivity contribution is 6.11.